The van der Waals surface area contributed by atoms with Crippen LogP contribution in [-0.2, 0) is 5.88 Å². The summed E-state index contributed by atoms with van der Waals surface area (Å²) >= 11 is 9.05. The van der Waals surface area contributed by atoms with Gasteiger partial charge in [-0.05, 0) is 17.7 Å². The van der Waals surface area contributed by atoms with Crippen LogP contribution in [0.3, 0.4) is 0 Å². The standard InChI is InChI=1S/C11H12BrClF3N/c1-17(5-4-11(14,15)16)10-6-9(12)3-2-8(10)7-13/h2-3,6H,4-5,7H2,1H3. The molecule has 1 aromatic carbocycles. The molecule has 0 aliphatic carbocycles. The molecule has 6 heteroatoms. The van der Waals surface area contributed by atoms with E-state index in [2.05, 4.69) is 15.9 Å². The minimum atomic E-state index is -4.14. The number of rotatable bonds is 4. The molecule has 0 atom stereocenters. The van der Waals surface area contributed by atoms with Crippen LogP contribution in [0, 0.1) is 0 Å². The smallest absolute Gasteiger partial charge is 0.374 e. The van der Waals surface area contributed by atoms with Crippen molar-refractivity contribution in [3.05, 3.63) is 28.2 Å². The third kappa shape index (κ3) is 4.76. The van der Waals surface area contributed by atoms with E-state index in [4.69, 9.17) is 11.6 Å². The highest BCUT2D eigenvalue weighted by molar-refractivity contribution is 9.10. The van der Waals surface area contributed by atoms with E-state index in [1.54, 1.807) is 24.1 Å². The summed E-state index contributed by atoms with van der Waals surface area (Å²) in [6, 6.07) is 5.39. The lowest BCUT2D eigenvalue weighted by Crippen LogP contribution is -2.24. The molecule has 0 unspecified atom stereocenters. The van der Waals surface area contributed by atoms with E-state index in [9.17, 15) is 13.2 Å². The second kappa shape index (κ2) is 5.96. The van der Waals surface area contributed by atoms with Gasteiger partial charge in [0.2, 0.25) is 0 Å². The Morgan fingerprint density at radius 1 is 1.35 bits per heavy atom. The first-order valence-corrected chi connectivity index (χ1v) is 6.28. The molecule has 0 aliphatic rings. The highest BCUT2D eigenvalue weighted by atomic mass is 79.9. The van der Waals surface area contributed by atoms with Gasteiger partial charge in [-0.15, -0.1) is 11.6 Å². The van der Waals surface area contributed by atoms with Gasteiger partial charge < -0.3 is 4.90 Å². The van der Waals surface area contributed by atoms with Crippen molar-refractivity contribution in [1.29, 1.82) is 0 Å². The van der Waals surface area contributed by atoms with Crippen molar-refractivity contribution < 1.29 is 13.2 Å². The monoisotopic (exact) mass is 329 g/mol. The van der Waals surface area contributed by atoms with Gasteiger partial charge in [-0.2, -0.15) is 13.2 Å². The fourth-order valence-corrected chi connectivity index (χ4v) is 2.00. The van der Waals surface area contributed by atoms with Gasteiger partial charge in [0, 0.05) is 29.6 Å². The molecule has 1 aromatic rings. The Bertz CT molecular complexity index is 381. The van der Waals surface area contributed by atoms with Gasteiger partial charge in [0.15, 0.2) is 0 Å². The van der Waals surface area contributed by atoms with E-state index in [0.29, 0.717) is 0 Å². The van der Waals surface area contributed by atoms with Crippen molar-refractivity contribution in [3.8, 4) is 0 Å². The third-order valence-electron chi connectivity index (χ3n) is 2.33. The van der Waals surface area contributed by atoms with Gasteiger partial charge in [-0.25, -0.2) is 0 Å². The van der Waals surface area contributed by atoms with Gasteiger partial charge in [0.25, 0.3) is 0 Å². The number of hydrogen-bond donors (Lipinski definition) is 0. The summed E-state index contributed by atoms with van der Waals surface area (Å²) in [4.78, 5) is 1.57. The van der Waals surface area contributed by atoms with Crippen molar-refractivity contribution >= 4 is 33.2 Å². The molecule has 0 aromatic heterocycles. The largest absolute Gasteiger partial charge is 0.390 e. The van der Waals surface area contributed by atoms with Gasteiger partial charge >= 0.3 is 6.18 Å². The number of nitrogens with zero attached hydrogens (tertiary/aromatic N) is 1. The topological polar surface area (TPSA) is 3.24 Å². The summed E-state index contributed by atoms with van der Waals surface area (Å²) < 4.78 is 37.2. The summed E-state index contributed by atoms with van der Waals surface area (Å²) in [7, 11) is 1.63. The van der Waals surface area contributed by atoms with Crippen LogP contribution in [0.2, 0.25) is 0 Å². The second-order valence-electron chi connectivity index (χ2n) is 3.69. The van der Waals surface area contributed by atoms with Crippen molar-refractivity contribution in [1.82, 2.24) is 0 Å². The molecule has 0 spiro atoms. The normalized spacial score (nSPS) is 11.6. The molecule has 0 radical (unpaired) electrons. The van der Waals surface area contributed by atoms with Gasteiger partial charge in [0.1, 0.15) is 0 Å². The number of halogens is 5. The van der Waals surface area contributed by atoms with Crippen molar-refractivity contribution in [2.75, 3.05) is 18.5 Å². The first-order valence-electron chi connectivity index (χ1n) is 4.96. The van der Waals surface area contributed by atoms with Crippen LogP contribution in [0.1, 0.15) is 12.0 Å². The van der Waals surface area contributed by atoms with Crippen LogP contribution >= 0.6 is 27.5 Å². The van der Waals surface area contributed by atoms with E-state index in [1.165, 1.54) is 0 Å². The molecule has 0 aliphatic heterocycles. The number of anilines is 1. The Balaban J connectivity index is 2.80. The molecule has 96 valence electrons. The molecule has 0 N–H and O–H groups in total. The average Bonchev–Trinajstić information content (AvgIpc) is 2.25. The highest BCUT2D eigenvalue weighted by Crippen LogP contribution is 2.27. The maximum Gasteiger partial charge on any atom is 0.390 e. The Morgan fingerprint density at radius 2 is 2.00 bits per heavy atom. The Morgan fingerprint density at radius 3 is 2.53 bits per heavy atom. The molecule has 0 fully saturated rings. The zero-order chi connectivity index (χ0) is 13.1. The molecule has 0 bridgehead atoms. The van der Waals surface area contributed by atoms with Crippen LogP contribution in [0.15, 0.2) is 22.7 Å². The minimum absolute atomic E-state index is 0.0795. The fraction of sp³-hybridized carbons (Fsp3) is 0.455. The highest BCUT2D eigenvalue weighted by Gasteiger charge is 2.27. The number of alkyl halides is 4. The molecule has 0 amide bonds. The zero-order valence-electron chi connectivity index (χ0n) is 9.19. The molecule has 0 heterocycles. The van der Waals surface area contributed by atoms with Gasteiger partial charge in [-0.3, -0.25) is 0 Å². The lowest BCUT2D eigenvalue weighted by Gasteiger charge is -2.22. The fourth-order valence-electron chi connectivity index (χ4n) is 1.42. The van der Waals surface area contributed by atoms with Crippen molar-refractivity contribution in [2.45, 2.75) is 18.5 Å². The minimum Gasteiger partial charge on any atom is -0.374 e. The predicted octanol–water partition coefficient (Wildman–Crippen LogP) is 4.58. The SMILES string of the molecule is CN(CCC(F)(F)F)c1cc(Br)ccc1CCl. The Labute approximate surface area is 112 Å². The first-order chi connectivity index (χ1) is 7.83. The lowest BCUT2D eigenvalue weighted by molar-refractivity contribution is -0.132. The van der Waals surface area contributed by atoms with Crippen LogP contribution in [0.4, 0.5) is 18.9 Å². The van der Waals surface area contributed by atoms with Crippen LogP contribution in [0.5, 0.6) is 0 Å². The molecule has 1 rings (SSSR count). The van der Waals surface area contributed by atoms with E-state index >= 15 is 0 Å². The van der Waals surface area contributed by atoms with E-state index < -0.39 is 12.6 Å². The molecular weight excluding hydrogens is 318 g/mol. The van der Waals surface area contributed by atoms with E-state index in [0.717, 1.165) is 15.7 Å². The summed E-state index contributed by atoms with van der Waals surface area (Å²) in [6.45, 7) is -0.0795. The summed E-state index contributed by atoms with van der Waals surface area (Å²) in [5.41, 5.74) is 1.54. The maximum absolute atomic E-state index is 12.1. The summed E-state index contributed by atoms with van der Waals surface area (Å²) in [6.07, 6.45) is -4.97. The molecule has 1 nitrogen and oxygen atoms in total. The Hall–Kier alpha value is -0.420. The van der Waals surface area contributed by atoms with E-state index in [-0.39, 0.29) is 12.4 Å². The van der Waals surface area contributed by atoms with Crippen molar-refractivity contribution in [3.63, 3.8) is 0 Å². The molecule has 0 saturated heterocycles. The lowest BCUT2D eigenvalue weighted by atomic mass is 10.2. The number of hydrogen-bond acceptors (Lipinski definition) is 1. The van der Waals surface area contributed by atoms with Crippen LogP contribution < -0.4 is 4.90 Å². The number of benzene rings is 1. The summed E-state index contributed by atoms with van der Waals surface area (Å²) in [5, 5.41) is 0. The predicted molar refractivity (Wildman–Crippen MR) is 67.6 cm³/mol. The molecular formula is C11H12BrClF3N. The molecule has 17 heavy (non-hydrogen) atoms. The Kier molecular flexibility index (Phi) is 5.13. The molecule has 0 saturated carbocycles. The third-order valence-corrected chi connectivity index (χ3v) is 3.11. The van der Waals surface area contributed by atoms with Crippen LogP contribution in [-0.4, -0.2) is 19.8 Å². The zero-order valence-corrected chi connectivity index (χ0v) is 11.5. The quantitative estimate of drug-likeness (QED) is 0.731. The first kappa shape index (κ1) is 14.6. The average molecular weight is 331 g/mol. The van der Waals surface area contributed by atoms with Gasteiger partial charge in [0.05, 0.1) is 6.42 Å². The van der Waals surface area contributed by atoms with Crippen molar-refractivity contribution in [2.24, 2.45) is 0 Å². The van der Waals surface area contributed by atoms with Crippen LogP contribution in [0.25, 0.3) is 0 Å². The van der Waals surface area contributed by atoms with Gasteiger partial charge in [-0.1, -0.05) is 22.0 Å². The van der Waals surface area contributed by atoms with E-state index in [1.807, 2.05) is 6.07 Å². The maximum atomic E-state index is 12.1. The summed E-state index contributed by atoms with van der Waals surface area (Å²) in [5.74, 6) is 0.277. The second-order valence-corrected chi connectivity index (χ2v) is 4.88.